The summed E-state index contributed by atoms with van der Waals surface area (Å²) in [6, 6.07) is 10.6. The molecule has 6 nitrogen and oxygen atoms in total. The summed E-state index contributed by atoms with van der Waals surface area (Å²) < 4.78 is 6.33. The number of hydrogen-bond acceptors (Lipinski definition) is 4. The van der Waals surface area contributed by atoms with E-state index in [1.54, 1.807) is 0 Å². The fourth-order valence-electron chi connectivity index (χ4n) is 4.76. The Morgan fingerprint density at radius 3 is 2.76 bits per heavy atom. The summed E-state index contributed by atoms with van der Waals surface area (Å²) in [5.41, 5.74) is 2.01. The molecule has 29 heavy (non-hydrogen) atoms. The number of nitrogens with zero attached hydrogens (tertiary/aromatic N) is 2. The molecular weight excluding hydrogens is 364 g/mol. The van der Waals surface area contributed by atoms with Crippen molar-refractivity contribution in [3.8, 4) is 6.07 Å². The van der Waals surface area contributed by atoms with Crippen LogP contribution in [0.3, 0.4) is 0 Å². The van der Waals surface area contributed by atoms with Gasteiger partial charge >= 0.3 is 6.03 Å². The molecule has 0 spiro atoms. The summed E-state index contributed by atoms with van der Waals surface area (Å²) >= 11 is 0. The minimum Gasteiger partial charge on any atom is -0.376 e. The van der Waals surface area contributed by atoms with Gasteiger partial charge in [-0.1, -0.05) is 12.1 Å². The van der Waals surface area contributed by atoms with E-state index in [0.29, 0.717) is 19.1 Å². The molecule has 0 unspecified atom stereocenters. The first kappa shape index (κ1) is 21.6. The fraction of sp³-hybridized carbons (Fsp3) is 0.652. The maximum absolute atomic E-state index is 12.5. The van der Waals surface area contributed by atoms with Crippen LogP contribution in [0.15, 0.2) is 24.3 Å². The predicted octanol–water partition coefficient (Wildman–Crippen LogP) is 3.38. The van der Waals surface area contributed by atoms with Crippen LogP contribution in [0.4, 0.5) is 4.79 Å². The van der Waals surface area contributed by atoms with Crippen LogP contribution in [-0.4, -0.2) is 55.9 Å². The van der Waals surface area contributed by atoms with E-state index in [1.807, 2.05) is 37.1 Å². The number of amides is 2. The Hall–Kier alpha value is -2.10. The molecule has 2 fully saturated rings. The number of likely N-dealkylation sites (tertiary alicyclic amines) is 1. The summed E-state index contributed by atoms with van der Waals surface area (Å²) in [7, 11) is 1.97. The monoisotopic (exact) mass is 398 g/mol. The average molecular weight is 399 g/mol. The summed E-state index contributed by atoms with van der Waals surface area (Å²) in [5, 5.41) is 15.4. The molecule has 1 aliphatic carbocycles. The van der Waals surface area contributed by atoms with Crippen LogP contribution < -0.4 is 10.6 Å². The highest BCUT2D eigenvalue weighted by molar-refractivity contribution is 5.74. The van der Waals surface area contributed by atoms with Crippen LogP contribution in [0.5, 0.6) is 0 Å². The first-order valence-corrected chi connectivity index (χ1v) is 11.0. The molecule has 6 heteroatoms. The molecule has 1 aliphatic heterocycles. The Balaban J connectivity index is 1.53. The van der Waals surface area contributed by atoms with Gasteiger partial charge in [-0.15, -0.1) is 0 Å². The lowest BCUT2D eigenvalue weighted by Gasteiger charge is -2.42. The number of urea groups is 1. The van der Waals surface area contributed by atoms with E-state index in [-0.39, 0.29) is 24.2 Å². The zero-order chi connectivity index (χ0) is 20.6. The molecule has 2 amide bonds. The van der Waals surface area contributed by atoms with Gasteiger partial charge in [0.2, 0.25) is 0 Å². The highest BCUT2D eigenvalue weighted by Gasteiger charge is 2.34. The van der Waals surface area contributed by atoms with Crippen molar-refractivity contribution < 1.29 is 9.53 Å². The second kappa shape index (κ2) is 10.6. The third-order valence-corrected chi connectivity index (χ3v) is 6.40. The van der Waals surface area contributed by atoms with E-state index in [9.17, 15) is 4.79 Å². The number of nitrogens with one attached hydrogen (secondary N) is 2. The normalized spacial score (nSPS) is 27.3. The molecule has 1 aromatic carbocycles. The molecule has 1 aromatic rings. The van der Waals surface area contributed by atoms with Gasteiger partial charge in [-0.2, -0.15) is 5.26 Å². The van der Waals surface area contributed by atoms with Crippen molar-refractivity contribution in [2.45, 2.75) is 69.6 Å². The first-order valence-electron chi connectivity index (χ1n) is 11.0. The van der Waals surface area contributed by atoms with Crippen molar-refractivity contribution in [3.05, 3.63) is 35.4 Å². The largest absolute Gasteiger partial charge is 0.376 e. The van der Waals surface area contributed by atoms with E-state index in [0.717, 1.165) is 50.6 Å². The third-order valence-electron chi connectivity index (χ3n) is 6.40. The van der Waals surface area contributed by atoms with Crippen molar-refractivity contribution in [2.75, 3.05) is 26.7 Å². The van der Waals surface area contributed by atoms with Gasteiger partial charge in [0, 0.05) is 19.1 Å². The lowest BCUT2D eigenvalue weighted by molar-refractivity contribution is -0.0188. The highest BCUT2D eigenvalue weighted by Crippen LogP contribution is 2.34. The number of nitriles is 1. The fourth-order valence-corrected chi connectivity index (χ4v) is 4.76. The number of likely N-dealkylation sites (N-methyl/N-ethyl adjacent to an activating group) is 1. The maximum Gasteiger partial charge on any atom is 0.317 e. The number of carbonyl (C=O) groups excluding carboxylic acids is 1. The van der Waals surface area contributed by atoms with Gasteiger partial charge in [-0.3, -0.25) is 0 Å². The smallest absolute Gasteiger partial charge is 0.317 e. The van der Waals surface area contributed by atoms with E-state index in [4.69, 9.17) is 10.00 Å². The van der Waals surface area contributed by atoms with Crippen LogP contribution >= 0.6 is 0 Å². The predicted molar refractivity (Wildman–Crippen MR) is 114 cm³/mol. The van der Waals surface area contributed by atoms with Crippen LogP contribution in [0.1, 0.15) is 62.5 Å². The highest BCUT2D eigenvalue weighted by atomic mass is 16.5. The molecule has 1 saturated carbocycles. The Morgan fingerprint density at radius 2 is 2.07 bits per heavy atom. The molecule has 0 aromatic heterocycles. The van der Waals surface area contributed by atoms with E-state index in [1.165, 1.54) is 5.56 Å². The van der Waals surface area contributed by atoms with Gasteiger partial charge < -0.3 is 20.3 Å². The number of hydrogen-bond donors (Lipinski definition) is 2. The second-order valence-corrected chi connectivity index (χ2v) is 8.18. The molecule has 2 atom stereocenters. The van der Waals surface area contributed by atoms with Crippen LogP contribution in [-0.2, 0) is 4.74 Å². The van der Waals surface area contributed by atoms with Gasteiger partial charge in [-0.05, 0) is 76.1 Å². The van der Waals surface area contributed by atoms with Gasteiger partial charge in [0.15, 0.2) is 0 Å². The van der Waals surface area contributed by atoms with Crippen LogP contribution in [0, 0.1) is 11.3 Å². The molecule has 0 radical (unpaired) electrons. The van der Waals surface area contributed by atoms with Crippen molar-refractivity contribution in [3.63, 3.8) is 0 Å². The van der Waals surface area contributed by atoms with Gasteiger partial charge in [0.05, 0.1) is 30.4 Å². The van der Waals surface area contributed by atoms with E-state index < -0.39 is 0 Å². The summed E-state index contributed by atoms with van der Waals surface area (Å²) in [5.74, 6) is 0.509. The van der Waals surface area contributed by atoms with Crippen molar-refractivity contribution in [1.82, 2.24) is 15.5 Å². The number of carbonyl (C=O) groups is 1. The van der Waals surface area contributed by atoms with Crippen molar-refractivity contribution in [1.29, 1.82) is 5.26 Å². The Morgan fingerprint density at radius 1 is 1.28 bits per heavy atom. The Bertz CT molecular complexity index is 709. The molecule has 1 saturated heterocycles. The number of benzene rings is 1. The lowest BCUT2D eigenvalue weighted by Crippen LogP contribution is -2.59. The minimum atomic E-state index is 0.0159. The molecule has 1 heterocycles. The molecule has 3 rings (SSSR count). The molecule has 2 aliphatic rings. The summed E-state index contributed by atoms with van der Waals surface area (Å²) in [6.45, 7) is 3.97. The molecular formula is C23H34N4O2. The second-order valence-electron chi connectivity index (χ2n) is 8.18. The number of rotatable bonds is 6. The summed E-state index contributed by atoms with van der Waals surface area (Å²) in [6.07, 6.45) is 6.56. The Labute approximate surface area is 174 Å². The van der Waals surface area contributed by atoms with Crippen LogP contribution in [0.25, 0.3) is 0 Å². The standard InChI is InChI=1S/C23H34N4O2/c1-3-26-23(28)27-13-5-8-21(25-2)22(27)16-29-20-11-9-18(10-12-20)19-7-4-6-17(14-19)15-24/h4,6-7,14,18,20-22,25H,3,5,8-13,16H2,1-2H3,(H,26,28)/t18?,20?,21-,22-/m0/s1. The number of ether oxygens (including phenoxy) is 1. The first-order chi connectivity index (χ1) is 14.2. The lowest BCUT2D eigenvalue weighted by atomic mass is 9.82. The molecule has 158 valence electrons. The van der Waals surface area contributed by atoms with Crippen LogP contribution in [0.2, 0.25) is 0 Å². The third kappa shape index (κ3) is 5.49. The van der Waals surface area contributed by atoms with Gasteiger partial charge in [-0.25, -0.2) is 4.79 Å². The van der Waals surface area contributed by atoms with Crippen molar-refractivity contribution in [2.24, 2.45) is 0 Å². The van der Waals surface area contributed by atoms with Gasteiger partial charge in [0.1, 0.15) is 0 Å². The number of piperidine rings is 1. The summed E-state index contributed by atoms with van der Waals surface area (Å²) in [4.78, 5) is 14.4. The zero-order valence-corrected chi connectivity index (χ0v) is 17.7. The Kier molecular flexibility index (Phi) is 7.91. The zero-order valence-electron chi connectivity index (χ0n) is 17.7. The molecule has 0 bridgehead atoms. The van der Waals surface area contributed by atoms with Gasteiger partial charge in [0.25, 0.3) is 0 Å². The van der Waals surface area contributed by atoms with E-state index in [2.05, 4.69) is 22.8 Å². The van der Waals surface area contributed by atoms with Crippen molar-refractivity contribution >= 4 is 6.03 Å². The topological polar surface area (TPSA) is 77.4 Å². The SMILES string of the molecule is CCNC(=O)N1CCC[C@H](NC)[C@@H]1COC1CCC(c2cccc(C#N)c2)CC1. The minimum absolute atomic E-state index is 0.0159. The quantitative estimate of drug-likeness (QED) is 0.770. The average Bonchev–Trinajstić information content (AvgIpc) is 2.78. The maximum atomic E-state index is 12.5. The van der Waals surface area contributed by atoms with E-state index >= 15 is 0 Å². The molecule has 2 N–H and O–H groups in total.